The Morgan fingerprint density at radius 1 is 1.24 bits per heavy atom. The van der Waals surface area contributed by atoms with Crippen molar-refractivity contribution < 1.29 is 4.74 Å². The number of aromatic nitrogens is 3. The zero-order valence-electron chi connectivity index (χ0n) is 12.2. The molecule has 0 atom stereocenters. The van der Waals surface area contributed by atoms with E-state index in [-0.39, 0.29) is 0 Å². The third-order valence-electron chi connectivity index (χ3n) is 3.46. The lowest BCUT2D eigenvalue weighted by atomic mass is 10.2. The molecule has 2 N–H and O–H groups in total. The number of ether oxygens (including phenoxy) is 1. The van der Waals surface area contributed by atoms with Crippen LogP contribution in [0.3, 0.4) is 0 Å². The molecule has 0 spiro atoms. The summed E-state index contributed by atoms with van der Waals surface area (Å²) >= 11 is 0. The van der Waals surface area contributed by atoms with Crippen molar-refractivity contribution in [1.82, 2.24) is 14.6 Å². The lowest BCUT2D eigenvalue weighted by Gasteiger charge is -2.07. The summed E-state index contributed by atoms with van der Waals surface area (Å²) in [4.78, 5) is 0. The minimum atomic E-state index is 0.358. The SMILES string of the molecule is CCc1cccc(OCc2nnc3c(C)cc(N)cn23)c1. The first-order valence-electron chi connectivity index (χ1n) is 6.99. The van der Waals surface area contributed by atoms with E-state index in [1.165, 1.54) is 5.56 Å². The molecule has 0 aliphatic rings. The number of benzene rings is 1. The van der Waals surface area contributed by atoms with Gasteiger partial charge in [0, 0.05) is 11.9 Å². The van der Waals surface area contributed by atoms with Crippen molar-refractivity contribution in [3.63, 3.8) is 0 Å². The summed E-state index contributed by atoms with van der Waals surface area (Å²) in [5.41, 5.74) is 9.63. The van der Waals surface area contributed by atoms with Gasteiger partial charge in [0.1, 0.15) is 12.4 Å². The third-order valence-corrected chi connectivity index (χ3v) is 3.46. The zero-order chi connectivity index (χ0) is 14.8. The molecule has 0 bridgehead atoms. The minimum absolute atomic E-state index is 0.358. The molecular weight excluding hydrogens is 264 g/mol. The van der Waals surface area contributed by atoms with Gasteiger partial charge in [0.25, 0.3) is 0 Å². The van der Waals surface area contributed by atoms with Crippen LogP contribution in [0, 0.1) is 6.92 Å². The first kappa shape index (κ1) is 13.4. The number of hydrogen-bond acceptors (Lipinski definition) is 4. The number of anilines is 1. The number of nitrogen functional groups attached to an aromatic ring is 1. The van der Waals surface area contributed by atoms with Crippen LogP contribution in [0.15, 0.2) is 36.5 Å². The predicted octanol–water partition coefficient (Wildman–Crippen LogP) is 2.76. The Bertz CT molecular complexity index is 779. The van der Waals surface area contributed by atoms with E-state index in [0.717, 1.165) is 29.2 Å². The second-order valence-electron chi connectivity index (χ2n) is 5.06. The Morgan fingerprint density at radius 3 is 2.90 bits per heavy atom. The van der Waals surface area contributed by atoms with E-state index in [9.17, 15) is 0 Å². The van der Waals surface area contributed by atoms with Crippen molar-refractivity contribution >= 4 is 11.3 Å². The van der Waals surface area contributed by atoms with Crippen LogP contribution in [-0.4, -0.2) is 14.6 Å². The Balaban J connectivity index is 1.85. The first-order chi connectivity index (χ1) is 10.2. The van der Waals surface area contributed by atoms with E-state index in [4.69, 9.17) is 10.5 Å². The molecule has 108 valence electrons. The van der Waals surface area contributed by atoms with Gasteiger partial charge in [0.05, 0.1) is 0 Å². The third kappa shape index (κ3) is 2.67. The van der Waals surface area contributed by atoms with Gasteiger partial charge in [-0.1, -0.05) is 19.1 Å². The van der Waals surface area contributed by atoms with Gasteiger partial charge < -0.3 is 10.5 Å². The first-order valence-corrected chi connectivity index (χ1v) is 6.99. The van der Waals surface area contributed by atoms with Crippen molar-refractivity contribution in [2.75, 3.05) is 5.73 Å². The van der Waals surface area contributed by atoms with E-state index in [1.54, 1.807) is 0 Å². The lowest BCUT2D eigenvalue weighted by molar-refractivity contribution is 0.294. The van der Waals surface area contributed by atoms with E-state index < -0.39 is 0 Å². The number of nitrogens with zero attached hydrogens (tertiary/aromatic N) is 3. The van der Waals surface area contributed by atoms with Gasteiger partial charge in [-0.2, -0.15) is 0 Å². The number of nitrogens with two attached hydrogens (primary N) is 1. The second-order valence-corrected chi connectivity index (χ2v) is 5.06. The molecule has 5 nitrogen and oxygen atoms in total. The molecule has 0 aliphatic heterocycles. The predicted molar refractivity (Wildman–Crippen MR) is 82.3 cm³/mol. The number of hydrogen-bond donors (Lipinski definition) is 1. The Kier molecular flexibility index (Phi) is 3.48. The Labute approximate surface area is 123 Å². The van der Waals surface area contributed by atoms with Crippen LogP contribution in [0.1, 0.15) is 23.9 Å². The average molecular weight is 282 g/mol. The molecule has 2 heterocycles. The van der Waals surface area contributed by atoms with Crippen LogP contribution in [0.2, 0.25) is 0 Å². The normalized spacial score (nSPS) is 11.0. The summed E-state index contributed by atoms with van der Waals surface area (Å²) in [5, 5.41) is 8.37. The molecule has 0 aliphatic carbocycles. The average Bonchev–Trinajstić information content (AvgIpc) is 2.88. The van der Waals surface area contributed by atoms with Crippen molar-refractivity contribution in [2.24, 2.45) is 0 Å². The summed E-state index contributed by atoms with van der Waals surface area (Å²) in [6.07, 6.45) is 2.81. The van der Waals surface area contributed by atoms with E-state index in [0.29, 0.717) is 12.3 Å². The molecule has 3 aromatic rings. The number of rotatable bonds is 4. The highest BCUT2D eigenvalue weighted by molar-refractivity contribution is 5.54. The van der Waals surface area contributed by atoms with Crippen LogP contribution in [0.25, 0.3) is 5.65 Å². The molecular formula is C16H18N4O. The Morgan fingerprint density at radius 2 is 2.10 bits per heavy atom. The summed E-state index contributed by atoms with van der Waals surface area (Å²) in [5.74, 6) is 1.58. The fourth-order valence-corrected chi connectivity index (χ4v) is 2.33. The van der Waals surface area contributed by atoms with Gasteiger partial charge in [0.2, 0.25) is 0 Å². The van der Waals surface area contributed by atoms with E-state index >= 15 is 0 Å². The molecule has 21 heavy (non-hydrogen) atoms. The molecule has 0 radical (unpaired) electrons. The summed E-state index contributed by atoms with van der Waals surface area (Å²) < 4.78 is 7.70. The number of fused-ring (bicyclic) bond motifs is 1. The van der Waals surface area contributed by atoms with Crippen molar-refractivity contribution in [3.8, 4) is 5.75 Å². The molecule has 0 amide bonds. The zero-order valence-corrected chi connectivity index (χ0v) is 12.2. The van der Waals surface area contributed by atoms with Gasteiger partial charge in [-0.15, -0.1) is 10.2 Å². The molecule has 0 fully saturated rings. The maximum absolute atomic E-state index is 5.88. The van der Waals surface area contributed by atoms with Crippen LogP contribution in [0.4, 0.5) is 5.69 Å². The fourth-order valence-electron chi connectivity index (χ4n) is 2.33. The number of aryl methyl sites for hydroxylation is 2. The molecule has 2 aromatic heterocycles. The van der Waals surface area contributed by atoms with Gasteiger partial charge in [-0.25, -0.2) is 0 Å². The molecule has 0 saturated carbocycles. The van der Waals surface area contributed by atoms with Gasteiger partial charge in [0.15, 0.2) is 11.5 Å². The van der Waals surface area contributed by atoms with Gasteiger partial charge in [-0.3, -0.25) is 4.40 Å². The second kappa shape index (κ2) is 5.44. The van der Waals surface area contributed by atoms with Crippen molar-refractivity contribution in [1.29, 1.82) is 0 Å². The standard InChI is InChI=1S/C16H18N4O/c1-3-12-5-4-6-14(8-12)21-10-15-18-19-16-11(2)7-13(17)9-20(15)16/h4-9H,3,10,17H2,1-2H3. The van der Waals surface area contributed by atoms with Crippen LogP contribution >= 0.6 is 0 Å². The maximum atomic E-state index is 5.88. The number of pyridine rings is 1. The highest BCUT2D eigenvalue weighted by Gasteiger charge is 2.09. The van der Waals surface area contributed by atoms with Gasteiger partial charge >= 0.3 is 0 Å². The van der Waals surface area contributed by atoms with E-state index in [1.807, 2.05) is 41.8 Å². The molecule has 5 heteroatoms. The monoisotopic (exact) mass is 282 g/mol. The van der Waals surface area contributed by atoms with Crippen LogP contribution < -0.4 is 10.5 Å². The summed E-state index contributed by atoms with van der Waals surface area (Å²) in [7, 11) is 0. The van der Waals surface area contributed by atoms with E-state index in [2.05, 4.69) is 23.2 Å². The lowest BCUT2D eigenvalue weighted by Crippen LogP contribution is -2.03. The van der Waals surface area contributed by atoms with Gasteiger partial charge in [-0.05, 0) is 42.7 Å². The van der Waals surface area contributed by atoms with Crippen molar-refractivity contribution in [2.45, 2.75) is 26.9 Å². The molecule has 0 unspecified atom stereocenters. The smallest absolute Gasteiger partial charge is 0.175 e. The topological polar surface area (TPSA) is 65.4 Å². The minimum Gasteiger partial charge on any atom is -0.486 e. The van der Waals surface area contributed by atoms with Crippen LogP contribution in [0.5, 0.6) is 5.75 Å². The molecule has 1 aromatic carbocycles. The summed E-state index contributed by atoms with van der Waals surface area (Å²) in [6.45, 7) is 4.45. The fraction of sp³-hybridized carbons (Fsp3) is 0.250. The highest BCUT2D eigenvalue weighted by atomic mass is 16.5. The van der Waals surface area contributed by atoms with Crippen LogP contribution in [-0.2, 0) is 13.0 Å². The maximum Gasteiger partial charge on any atom is 0.175 e. The molecule has 3 rings (SSSR count). The van der Waals surface area contributed by atoms with Crippen molar-refractivity contribution in [3.05, 3.63) is 53.5 Å². The Hall–Kier alpha value is -2.56. The quantitative estimate of drug-likeness (QED) is 0.799. The summed E-state index contributed by atoms with van der Waals surface area (Å²) in [6, 6.07) is 9.96. The highest BCUT2D eigenvalue weighted by Crippen LogP contribution is 2.17. The largest absolute Gasteiger partial charge is 0.486 e. The molecule has 0 saturated heterocycles.